The van der Waals surface area contributed by atoms with Gasteiger partial charge in [-0.2, -0.15) is 0 Å². The van der Waals surface area contributed by atoms with Crippen molar-refractivity contribution in [3.63, 3.8) is 0 Å². The van der Waals surface area contributed by atoms with E-state index in [1.807, 2.05) is 6.92 Å². The standard InChI is InChI=1S/C15H21N3O3/c1-10(12-6-7-21-9-12)18-14(19)8-17-15(20)11-2-4-13(16)5-3-11/h2-5,10,12H,6-9,16H2,1H3,(H,17,20)(H,18,19). The molecule has 2 amide bonds. The minimum atomic E-state index is -0.290. The maximum Gasteiger partial charge on any atom is 0.251 e. The van der Waals surface area contributed by atoms with Crippen molar-refractivity contribution in [3.8, 4) is 0 Å². The van der Waals surface area contributed by atoms with Crippen LogP contribution in [0.15, 0.2) is 24.3 Å². The van der Waals surface area contributed by atoms with Crippen LogP contribution in [-0.4, -0.2) is 37.6 Å². The Morgan fingerprint density at radius 2 is 2.10 bits per heavy atom. The fourth-order valence-corrected chi connectivity index (χ4v) is 2.27. The van der Waals surface area contributed by atoms with E-state index in [1.54, 1.807) is 24.3 Å². The van der Waals surface area contributed by atoms with Crippen molar-refractivity contribution in [2.75, 3.05) is 25.5 Å². The lowest BCUT2D eigenvalue weighted by atomic mass is 10.0. The number of carbonyl (C=O) groups is 2. The van der Waals surface area contributed by atoms with Gasteiger partial charge in [-0.25, -0.2) is 0 Å². The Balaban J connectivity index is 1.75. The minimum Gasteiger partial charge on any atom is -0.399 e. The summed E-state index contributed by atoms with van der Waals surface area (Å²) in [4.78, 5) is 23.7. The lowest BCUT2D eigenvalue weighted by Gasteiger charge is -2.19. The molecule has 1 aromatic carbocycles. The van der Waals surface area contributed by atoms with Crippen molar-refractivity contribution < 1.29 is 14.3 Å². The Hall–Kier alpha value is -2.08. The van der Waals surface area contributed by atoms with Gasteiger partial charge in [0, 0.05) is 29.8 Å². The summed E-state index contributed by atoms with van der Waals surface area (Å²) in [5.41, 5.74) is 6.63. The Morgan fingerprint density at radius 3 is 2.71 bits per heavy atom. The van der Waals surface area contributed by atoms with Gasteiger partial charge in [-0.15, -0.1) is 0 Å². The van der Waals surface area contributed by atoms with Crippen LogP contribution in [-0.2, 0) is 9.53 Å². The molecule has 0 saturated carbocycles. The molecule has 2 rings (SSSR count). The third-order valence-electron chi connectivity index (χ3n) is 3.64. The third-order valence-corrected chi connectivity index (χ3v) is 3.64. The molecule has 2 unspecified atom stereocenters. The van der Waals surface area contributed by atoms with Crippen LogP contribution in [0.2, 0.25) is 0 Å². The highest BCUT2D eigenvalue weighted by atomic mass is 16.5. The number of anilines is 1. The first kappa shape index (κ1) is 15.3. The lowest BCUT2D eigenvalue weighted by Crippen LogP contribution is -2.43. The topological polar surface area (TPSA) is 93.5 Å². The largest absolute Gasteiger partial charge is 0.399 e. The highest BCUT2D eigenvalue weighted by Gasteiger charge is 2.23. The van der Waals surface area contributed by atoms with Crippen molar-refractivity contribution in [2.45, 2.75) is 19.4 Å². The maximum atomic E-state index is 11.9. The Kier molecular flexibility index (Phi) is 5.16. The molecule has 114 valence electrons. The van der Waals surface area contributed by atoms with E-state index in [4.69, 9.17) is 10.5 Å². The monoisotopic (exact) mass is 291 g/mol. The number of nitrogens with one attached hydrogen (secondary N) is 2. The molecule has 1 fully saturated rings. The second kappa shape index (κ2) is 7.08. The highest BCUT2D eigenvalue weighted by Crippen LogP contribution is 2.16. The van der Waals surface area contributed by atoms with E-state index in [0.717, 1.165) is 13.0 Å². The lowest BCUT2D eigenvalue weighted by molar-refractivity contribution is -0.121. The van der Waals surface area contributed by atoms with E-state index in [1.165, 1.54) is 0 Å². The normalized spacial score (nSPS) is 19.0. The molecule has 0 radical (unpaired) electrons. The van der Waals surface area contributed by atoms with E-state index in [2.05, 4.69) is 10.6 Å². The molecular weight excluding hydrogens is 270 g/mol. The number of amides is 2. The fourth-order valence-electron chi connectivity index (χ4n) is 2.27. The van der Waals surface area contributed by atoms with Gasteiger partial charge in [-0.3, -0.25) is 9.59 Å². The van der Waals surface area contributed by atoms with E-state index in [0.29, 0.717) is 23.8 Å². The molecule has 6 heteroatoms. The fraction of sp³-hybridized carbons (Fsp3) is 0.467. The summed E-state index contributed by atoms with van der Waals surface area (Å²) < 4.78 is 5.29. The van der Waals surface area contributed by atoms with Gasteiger partial charge in [0.05, 0.1) is 13.2 Å². The van der Waals surface area contributed by atoms with E-state index < -0.39 is 0 Å². The number of hydrogen-bond acceptors (Lipinski definition) is 4. The highest BCUT2D eigenvalue weighted by molar-refractivity contribution is 5.96. The Labute approximate surface area is 124 Å². The number of nitrogens with two attached hydrogens (primary N) is 1. The number of rotatable bonds is 5. The Morgan fingerprint density at radius 1 is 1.38 bits per heavy atom. The summed E-state index contributed by atoms with van der Waals surface area (Å²) in [6.45, 7) is 3.35. The predicted octanol–water partition coefficient (Wildman–Crippen LogP) is 0.540. The van der Waals surface area contributed by atoms with Crippen LogP contribution in [0.25, 0.3) is 0 Å². The molecule has 1 heterocycles. The molecule has 1 aliphatic heterocycles. The zero-order valence-corrected chi connectivity index (χ0v) is 12.1. The summed E-state index contributed by atoms with van der Waals surface area (Å²) in [7, 11) is 0. The molecule has 0 aromatic heterocycles. The molecule has 2 atom stereocenters. The van der Waals surface area contributed by atoms with Crippen LogP contribution in [0.5, 0.6) is 0 Å². The molecule has 1 saturated heterocycles. The van der Waals surface area contributed by atoms with Crippen molar-refractivity contribution in [1.29, 1.82) is 0 Å². The van der Waals surface area contributed by atoms with Gasteiger partial charge in [0.25, 0.3) is 5.91 Å². The van der Waals surface area contributed by atoms with Crippen molar-refractivity contribution >= 4 is 17.5 Å². The van der Waals surface area contributed by atoms with Crippen LogP contribution in [0.3, 0.4) is 0 Å². The summed E-state index contributed by atoms with van der Waals surface area (Å²) in [6.07, 6.45) is 0.958. The summed E-state index contributed by atoms with van der Waals surface area (Å²) in [5, 5.41) is 5.48. The zero-order valence-electron chi connectivity index (χ0n) is 12.1. The molecule has 0 bridgehead atoms. The average Bonchev–Trinajstić information content (AvgIpc) is 3.00. The van der Waals surface area contributed by atoms with E-state index in [9.17, 15) is 9.59 Å². The van der Waals surface area contributed by atoms with E-state index in [-0.39, 0.29) is 24.4 Å². The number of nitrogen functional groups attached to an aromatic ring is 1. The predicted molar refractivity (Wildman–Crippen MR) is 79.7 cm³/mol. The molecule has 0 spiro atoms. The van der Waals surface area contributed by atoms with Gasteiger partial charge >= 0.3 is 0 Å². The van der Waals surface area contributed by atoms with Crippen molar-refractivity contribution in [2.24, 2.45) is 5.92 Å². The number of hydrogen-bond donors (Lipinski definition) is 3. The second-order valence-corrected chi connectivity index (χ2v) is 5.28. The van der Waals surface area contributed by atoms with Crippen LogP contribution < -0.4 is 16.4 Å². The molecule has 1 aliphatic rings. The van der Waals surface area contributed by atoms with Crippen molar-refractivity contribution in [3.05, 3.63) is 29.8 Å². The van der Waals surface area contributed by atoms with Crippen LogP contribution in [0.4, 0.5) is 5.69 Å². The smallest absolute Gasteiger partial charge is 0.251 e. The van der Waals surface area contributed by atoms with Gasteiger partial charge in [0.2, 0.25) is 5.91 Å². The zero-order chi connectivity index (χ0) is 15.2. The first-order chi connectivity index (χ1) is 10.1. The summed E-state index contributed by atoms with van der Waals surface area (Å²) >= 11 is 0. The molecule has 1 aromatic rings. The van der Waals surface area contributed by atoms with E-state index >= 15 is 0 Å². The quantitative estimate of drug-likeness (QED) is 0.690. The maximum absolute atomic E-state index is 11.9. The minimum absolute atomic E-state index is 0.0405. The SMILES string of the molecule is CC(NC(=O)CNC(=O)c1ccc(N)cc1)C1CCOC1. The van der Waals surface area contributed by atoms with Gasteiger partial charge in [0.1, 0.15) is 0 Å². The number of carbonyl (C=O) groups excluding carboxylic acids is 2. The number of benzene rings is 1. The van der Waals surface area contributed by atoms with Gasteiger partial charge in [0.15, 0.2) is 0 Å². The summed E-state index contributed by atoms with van der Waals surface area (Å²) in [5.74, 6) is -0.137. The van der Waals surface area contributed by atoms with Crippen LogP contribution in [0, 0.1) is 5.92 Å². The van der Waals surface area contributed by atoms with Gasteiger partial charge in [-0.05, 0) is 37.6 Å². The first-order valence-electron chi connectivity index (χ1n) is 7.07. The molecule has 4 N–H and O–H groups in total. The van der Waals surface area contributed by atoms with Gasteiger partial charge in [-0.1, -0.05) is 0 Å². The molecule has 6 nitrogen and oxygen atoms in total. The molecule has 0 aliphatic carbocycles. The first-order valence-corrected chi connectivity index (χ1v) is 7.07. The van der Waals surface area contributed by atoms with Crippen LogP contribution >= 0.6 is 0 Å². The van der Waals surface area contributed by atoms with Crippen LogP contribution in [0.1, 0.15) is 23.7 Å². The van der Waals surface area contributed by atoms with Gasteiger partial charge < -0.3 is 21.1 Å². The summed E-state index contributed by atoms with van der Waals surface area (Å²) in [6, 6.07) is 6.60. The third kappa shape index (κ3) is 4.46. The molecule has 21 heavy (non-hydrogen) atoms. The Bertz CT molecular complexity index is 495. The number of ether oxygens (including phenoxy) is 1. The van der Waals surface area contributed by atoms with Crippen molar-refractivity contribution in [1.82, 2.24) is 10.6 Å². The average molecular weight is 291 g/mol. The molecular formula is C15H21N3O3. The second-order valence-electron chi connectivity index (χ2n) is 5.28.